The fourth-order valence-electron chi connectivity index (χ4n) is 1.98. The molecule has 2 N–H and O–H groups in total. The van der Waals surface area contributed by atoms with Gasteiger partial charge in [-0.2, -0.15) is 0 Å². The quantitative estimate of drug-likeness (QED) is 0.579. The maximum Gasteiger partial charge on any atom is 0.334 e. The maximum absolute atomic E-state index is 12.4. The second-order valence-corrected chi connectivity index (χ2v) is 10.3. The van der Waals surface area contributed by atoms with E-state index in [1.165, 1.54) is 23.6 Å². The number of carbonyl (C=O) groups excluding carboxylic acids is 1. The highest BCUT2D eigenvalue weighted by Crippen LogP contribution is 2.31. The standard InChI is InChI=1S/C15H12BrN3O4S3/c1-23-10-4-2-9(3-5-10)11-6-7-13(24-11)26(21,22)19-14(20)18-15-17-8-12(16)25-15/h2-8H,1H3,(H2,17,18,19,20). The van der Waals surface area contributed by atoms with Crippen molar-refractivity contribution in [2.75, 3.05) is 12.4 Å². The Hall–Kier alpha value is -1.95. The number of rotatable bonds is 5. The van der Waals surface area contributed by atoms with Crippen LogP contribution in [0.15, 0.2) is 50.6 Å². The normalized spacial score (nSPS) is 11.2. The number of sulfonamides is 1. The lowest BCUT2D eigenvalue weighted by molar-refractivity contribution is 0.256. The molecule has 0 bridgehead atoms. The number of urea groups is 1. The third-order valence-electron chi connectivity index (χ3n) is 3.15. The minimum atomic E-state index is -3.98. The lowest BCUT2D eigenvalue weighted by Crippen LogP contribution is -2.33. The Kier molecular flexibility index (Phi) is 5.61. The largest absolute Gasteiger partial charge is 0.497 e. The smallest absolute Gasteiger partial charge is 0.334 e. The molecule has 2 amide bonds. The number of halogens is 1. The molecule has 2 heterocycles. The van der Waals surface area contributed by atoms with Gasteiger partial charge < -0.3 is 4.74 Å². The highest BCUT2D eigenvalue weighted by molar-refractivity contribution is 9.11. The van der Waals surface area contributed by atoms with E-state index in [0.717, 1.165) is 25.6 Å². The number of aromatic nitrogens is 1. The van der Waals surface area contributed by atoms with Crippen LogP contribution in [-0.4, -0.2) is 26.5 Å². The Morgan fingerprint density at radius 1 is 1.15 bits per heavy atom. The van der Waals surface area contributed by atoms with Gasteiger partial charge in [0.25, 0.3) is 10.0 Å². The Morgan fingerprint density at radius 3 is 2.50 bits per heavy atom. The van der Waals surface area contributed by atoms with Crippen molar-refractivity contribution in [1.82, 2.24) is 9.71 Å². The monoisotopic (exact) mass is 473 g/mol. The summed E-state index contributed by atoms with van der Waals surface area (Å²) in [5, 5.41) is 2.67. The number of benzene rings is 1. The first-order chi connectivity index (χ1) is 12.4. The number of ether oxygens (including phenoxy) is 1. The molecule has 0 aliphatic heterocycles. The minimum absolute atomic E-state index is 0.0405. The van der Waals surface area contributed by atoms with Crippen molar-refractivity contribution in [1.29, 1.82) is 0 Å². The Balaban J connectivity index is 1.73. The van der Waals surface area contributed by atoms with Gasteiger partial charge in [0, 0.05) is 4.88 Å². The number of nitrogens with one attached hydrogen (secondary N) is 2. The summed E-state index contributed by atoms with van der Waals surface area (Å²) in [7, 11) is -2.40. The van der Waals surface area contributed by atoms with Crippen molar-refractivity contribution < 1.29 is 17.9 Å². The van der Waals surface area contributed by atoms with Crippen LogP contribution in [0.2, 0.25) is 0 Å². The van der Waals surface area contributed by atoms with Gasteiger partial charge in [0.15, 0.2) is 5.13 Å². The molecule has 11 heteroatoms. The lowest BCUT2D eigenvalue weighted by atomic mass is 10.2. The molecule has 2 aromatic heterocycles. The zero-order valence-electron chi connectivity index (χ0n) is 13.2. The van der Waals surface area contributed by atoms with Crippen LogP contribution in [0, 0.1) is 0 Å². The lowest BCUT2D eigenvalue weighted by Gasteiger charge is -2.05. The van der Waals surface area contributed by atoms with E-state index in [1.54, 1.807) is 25.3 Å². The molecule has 0 saturated heterocycles. The highest BCUT2D eigenvalue weighted by atomic mass is 79.9. The van der Waals surface area contributed by atoms with Crippen molar-refractivity contribution in [3.8, 4) is 16.2 Å². The topological polar surface area (TPSA) is 97.4 Å². The van der Waals surface area contributed by atoms with E-state index in [9.17, 15) is 13.2 Å². The first-order valence-corrected chi connectivity index (χ1v) is 11.0. The van der Waals surface area contributed by atoms with E-state index < -0.39 is 16.1 Å². The number of anilines is 1. The van der Waals surface area contributed by atoms with Crippen LogP contribution in [0.4, 0.5) is 9.93 Å². The number of hydrogen-bond donors (Lipinski definition) is 2. The average molecular weight is 474 g/mol. The number of carbonyl (C=O) groups is 1. The molecule has 0 spiro atoms. The van der Waals surface area contributed by atoms with Crippen LogP contribution in [0.1, 0.15) is 0 Å². The summed E-state index contributed by atoms with van der Waals surface area (Å²) < 4.78 is 32.6. The summed E-state index contributed by atoms with van der Waals surface area (Å²) in [5.74, 6) is 0.713. The van der Waals surface area contributed by atoms with E-state index in [1.807, 2.05) is 16.9 Å². The van der Waals surface area contributed by atoms with Gasteiger partial charge in [0.1, 0.15) is 9.96 Å². The average Bonchev–Trinajstić information content (AvgIpc) is 3.24. The molecule has 7 nitrogen and oxygen atoms in total. The highest BCUT2D eigenvalue weighted by Gasteiger charge is 2.21. The molecule has 0 atom stereocenters. The maximum atomic E-state index is 12.4. The van der Waals surface area contributed by atoms with Crippen LogP contribution < -0.4 is 14.8 Å². The second-order valence-electron chi connectivity index (χ2n) is 4.88. The predicted molar refractivity (Wildman–Crippen MR) is 105 cm³/mol. The molecule has 0 fully saturated rings. The molecule has 0 aliphatic carbocycles. The Bertz CT molecular complexity index is 1030. The summed E-state index contributed by atoms with van der Waals surface area (Å²) in [4.78, 5) is 16.6. The second kappa shape index (κ2) is 7.74. The Labute approximate surface area is 166 Å². The number of thiophene rings is 1. The van der Waals surface area contributed by atoms with Crippen molar-refractivity contribution >= 4 is 59.8 Å². The van der Waals surface area contributed by atoms with E-state index >= 15 is 0 Å². The first-order valence-electron chi connectivity index (χ1n) is 7.07. The molecular formula is C15H12BrN3O4S3. The summed E-state index contributed by atoms with van der Waals surface area (Å²) in [5.41, 5.74) is 0.856. The van der Waals surface area contributed by atoms with Gasteiger partial charge in [-0.15, -0.1) is 11.3 Å². The fourth-order valence-corrected chi connectivity index (χ4v) is 5.30. The molecule has 26 heavy (non-hydrogen) atoms. The van der Waals surface area contributed by atoms with E-state index in [0.29, 0.717) is 5.75 Å². The zero-order valence-corrected chi connectivity index (χ0v) is 17.3. The number of nitrogens with zero attached hydrogens (tertiary/aromatic N) is 1. The van der Waals surface area contributed by atoms with Gasteiger partial charge in [0.05, 0.1) is 17.1 Å². The van der Waals surface area contributed by atoms with E-state index in [4.69, 9.17) is 4.74 Å². The molecule has 3 rings (SSSR count). The molecular weight excluding hydrogens is 462 g/mol. The minimum Gasteiger partial charge on any atom is -0.497 e. The number of thiazole rings is 1. The molecule has 0 unspecified atom stereocenters. The molecule has 0 saturated carbocycles. The summed E-state index contributed by atoms with van der Waals surface area (Å²) in [6.07, 6.45) is 1.51. The van der Waals surface area contributed by atoms with Crippen molar-refractivity contribution in [3.05, 3.63) is 46.4 Å². The SMILES string of the molecule is COc1ccc(-c2ccc(S(=O)(=O)NC(=O)Nc3ncc(Br)s3)s2)cc1. The predicted octanol–water partition coefficient (Wildman–Crippen LogP) is 4.15. The van der Waals surface area contributed by atoms with Gasteiger partial charge in [-0.3, -0.25) is 5.32 Å². The third kappa shape index (κ3) is 4.41. The van der Waals surface area contributed by atoms with Crippen LogP contribution in [0.3, 0.4) is 0 Å². The van der Waals surface area contributed by atoms with Gasteiger partial charge in [-0.1, -0.05) is 11.3 Å². The Morgan fingerprint density at radius 2 is 1.88 bits per heavy atom. The van der Waals surface area contributed by atoms with Crippen LogP contribution in [-0.2, 0) is 10.0 Å². The zero-order chi connectivity index (χ0) is 18.7. The van der Waals surface area contributed by atoms with Gasteiger partial charge in [-0.05, 0) is 57.9 Å². The molecule has 3 aromatic rings. The molecule has 1 aromatic carbocycles. The summed E-state index contributed by atoms with van der Waals surface area (Å²) in [6.45, 7) is 0. The number of methoxy groups -OCH3 is 1. The van der Waals surface area contributed by atoms with Crippen LogP contribution in [0.25, 0.3) is 10.4 Å². The van der Waals surface area contributed by atoms with Crippen molar-refractivity contribution in [2.24, 2.45) is 0 Å². The number of amides is 2. The molecule has 0 aliphatic rings. The van der Waals surface area contributed by atoms with E-state index in [-0.39, 0.29) is 9.34 Å². The van der Waals surface area contributed by atoms with E-state index in [2.05, 4.69) is 26.2 Å². The van der Waals surface area contributed by atoms with Crippen molar-refractivity contribution in [3.63, 3.8) is 0 Å². The fraction of sp³-hybridized carbons (Fsp3) is 0.0667. The van der Waals surface area contributed by atoms with Crippen LogP contribution >= 0.6 is 38.6 Å². The van der Waals surface area contributed by atoms with Gasteiger partial charge in [-0.25, -0.2) is 22.9 Å². The third-order valence-corrected chi connectivity index (χ3v) is 7.49. The van der Waals surface area contributed by atoms with Gasteiger partial charge >= 0.3 is 6.03 Å². The number of hydrogen-bond acceptors (Lipinski definition) is 7. The van der Waals surface area contributed by atoms with Crippen molar-refractivity contribution in [2.45, 2.75) is 4.21 Å². The molecule has 136 valence electrons. The first kappa shape index (κ1) is 18.8. The summed E-state index contributed by atoms with van der Waals surface area (Å²) in [6, 6.07) is 9.54. The molecule has 0 radical (unpaired) electrons. The summed E-state index contributed by atoms with van der Waals surface area (Å²) >= 11 is 5.45. The van der Waals surface area contributed by atoms with Gasteiger partial charge in [0.2, 0.25) is 0 Å². The van der Waals surface area contributed by atoms with Crippen LogP contribution in [0.5, 0.6) is 5.75 Å².